The van der Waals surface area contributed by atoms with Gasteiger partial charge in [-0.2, -0.15) is 4.37 Å². The van der Waals surface area contributed by atoms with Crippen molar-refractivity contribution in [1.82, 2.24) is 9.27 Å². The highest BCUT2D eigenvalue weighted by atomic mass is 32.1. The zero-order valence-corrected chi connectivity index (χ0v) is 24.9. The van der Waals surface area contributed by atoms with Gasteiger partial charge in [0.1, 0.15) is 5.00 Å². The van der Waals surface area contributed by atoms with E-state index in [1.165, 1.54) is 29.2 Å². The first-order valence-corrected chi connectivity index (χ1v) is 14.3. The van der Waals surface area contributed by atoms with Gasteiger partial charge in [0.25, 0.3) is 5.69 Å². The second kappa shape index (κ2) is 13.6. The number of hydrogen-bond donors (Lipinski definition) is 1. The first-order valence-electron chi connectivity index (χ1n) is 13.5. The van der Waals surface area contributed by atoms with Crippen LogP contribution in [0.2, 0.25) is 0 Å². The lowest BCUT2D eigenvalue weighted by Crippen LogP contribution is -2.25. The average Bonchev–Trinajstić information content (AvgIpc) is 3.37. The highest BCUT2D eigenvalue weighted by Crippen LogP contribution is 2.46. The van der Waals surface area contributed by atoms with Crippen LogP contribution in [0.4, 0.5) is 10.7 Å². The van der Waals surface area contributed by atoms with E-state index in [2.05, 4.69) is 23.3 Å². The fourth-order valence-corrected chi connectivity index (χ4v) is 6.04. The number of ether oxygens (including phenoxy) is 3. The molecule has 4 rings (SSSR count). The number of fused-ring (bicyclic) bond motifs is 1. The Hall–Kier alpha value is -3.96. The summed E-state index contributed by atoms with van der Waals surface area (Å²) in [6, 6.07) is 12.4. The van der Waals surface area contributed by atoms with Crippen LogP contribution in [-0.4, -0.2) is 61.1 Å². The molecular formula is C30H36N4O6S. The maximum atomic E-state index is 13.1. The zero-order chi connectivity index (χ0) is 29.5. The average molecular weight is 581 g/mol. The Morgan fingerprint density at radius 2 is 1.90 bits per heavy atom. The smallest absolute Gasteiger partial charge is 0.336 e. The van der Waals surface area contributed by atoms with Gasteiger partial charge in [-0.3, -0.25) is 10.1 Å². The molecule has 0 aliphatic carbocycles. The number of aromatic nitrogens is 1. The Labute approximate surface area is 244 Å². The van der Waals surface area contributed by atoms with Crippen LogP contribution in [0.15, 0.2) is 53.7 Å². The second-order valence-electron chi connectivity index (χ2n) is 9.89. The van der Waals surface area contributed by atoms with Gasteiger partial charge in [-0.1, -0.05) is 18.2 Å². The van der Waals surface area contributed by atoms with Crippen molar-refractivity contribution in [1.29, 1.82) is 0 Å². The first-order chi connectivity index (χ1) is 19.8. The van der Waals surface area contributed by atoms with Gasteiger partial charge in [-0.05, 0) is 81.5 Å². The molecular weight excluding hydrogens is 544 g/mol. The fraction of sp³-hybridized carbons (Fsp3) is 0.400. The number of aryl methyl sites for hydroxylation is 1. The molecule has 0 saturated carbocycles. The maximum Gasteiger partial charge on any atom is 0.336 e. The third-order valence-electron chi connectivity index (χ3n) is 7.18. The van der Waals surface area contributed by atoms with Crippen molar-refractivity contribution in [2.45, 2.75) is 39.0 Å². The maximum absolute atomic E-state index is 13.1. The van der Waals surface area contributed by atoms with Crippen LogP contribution in [-0.2, 0) is 22.4 Å². The number of allylic oxidation sites excluding steroid dienone is 1. The molecule has 0 amide bonds. The minimum absolute atomic E-state index is 0.0238. The molecule has 0 fully saturated rings. The highest BCUT2D eigenvalue weighted by molar-refractivity contribution is 7.10. The van der Waals surface area contributed by atoms with Crippen molar-refractivity contribution in [3.63, 3.8) is 0 Å². The summed E-state index contributed by atoms with van der Waals surface area (Å²) < 4.78 is 20.9. The predicted molar refractivity (Wildman–Crippen MR) is 159 cm³/mol. The highest BCUT2D eigenvalue weighted by Gasteiger charge is 2.37. The molecule has 0 bridgehead atoms. The van der Waals surface area contributed by atoms with Crippen molar-refractivity contribution < 1.29 is 23.9 Å². The standard InChI is InChI=1S/C30H36N4O6S/c1-6-40-30(35)26-19(2)31-29-28(27(26)21-9-7-10-22(18-21)34(36)37)23(32-41-29)11-8-15-33(3)16-14-20-12-13-24(38-4)25(17-20)39-5/h7,9-10,12-13,17-18,27,31H,6,8,11,14-16H2,1-5H3. The van der Waals surface area contributed by atoms with Crippen molar-refractivity contribution in [2.24, 2.45) is 0 Å². The van der Waals surface area contributed by atoms with E-state index in [9.17, 15) is 14.9 Å². The van der Waals surface area contributed by atoms with Gasteiger partial charge in [0.05, 0.1) is 37.0 Å². The number of anilines is 1. The Balaban J connectivity index is 1.50. The van der Waals surface area contributed by atoms with Crippen LogP contribution in [0.3, 0.4) is 0 Å². The number of hydrogen-bond acceptors (Lipinski definition) is 10. The van der Waals surface area contributed by atoms with Gasteiger partial charge >= 0.3 is 5.97 Å². The Morgan fingerprint density at radius 3 is 2.61 bits per heavy atom. The molecule has 3 aromatic rings. The molecule has 1 atom stereocenters. The van der Waals surface area contributed by atoms with Crippen LogP contribution in [0.25, 0.3) is 0 Å². The topological polar surface area (TPSA) is 116 Å². The number of likely N-dealkylation sites (N-methyl/N-ethyl adjacent to an activating group) is 1. The van der Waals surface area contributed by atoms with Gasteiger partial charge in [0, 0.05) is 35.9 Å². The number of nitrogens with one attached hydrogen (secondary N) is 1. The van der Waals surface area contributed by atoms with Crippen molar-refractivity contribution in [3.05, 3.63) is 86.2 Å². The minimum Gasteiger partial charge on any atom is -0.493 e. The van der Waals surface area contributed by atoms with Crippen LogP contribution in [0.5, 0.6) is 11.5 Å². The third kappa shape index (κ3) is 6.86. The number of carbonyl (C=O) groups is 1. The number of nitro groups is 1. The normalized spacial score (nSPS) is 14.4. The number of non-ortho nitro benzene ring substituents is 1. The number of methoxy groups -OCH3 is 2. The molecule has 1 unspecified atom stereocenters. The first kappa shape index (κ1) is 30.0. The number of carbonyl (C=O) groups excluding carboxylic acids is 1. The third-order valence-corrected chi connectivity index (χ3v) is 7.99. The van der Waals surface area contributed by atoms with Gasteiger partial charge in [-0.15, -0.1) is 0 Å². The summed E-state index contributed by atoms with van der Waals surface area (Å²) in [4.78, 5) is 26.5. The Kier molecular flexibility index (Phi) is 9.95. The quantitative estimate of drug-likeness (QED) is 0.157. The molecule has 0 radical (unpaired) electrons. The number of rotatable bonds is 13. The molecule has 1 aromatic heterocycles. The fourth-order valence-electron chi connectivity index (χ4n) is 5.11. The number of esters is 1. The van der Waals surface area contributed by atoms with E-state index in [-0.39, 0.29) is 12.3 Å². The van der Waals surface area contributed by atoms with Gasteiger partial charge in [0.15, 0.2) is 11.5 Å². The van der Waals surface area contributed by atoms with E-state index in [0.717, 1.165) is 47.9 Å². The summed E-state index contributed by atoms with van der Waals surface area (Å²) in [6.45, 7) is 5.55. The lowest BCUT2D eigenvalue weighted by atomic mass is 9.81. The van der Waals surface area contributed by atoms with Crippen LogP contribution < -0.4 is 14.8 Å². The molecule has 10 nitrogen and oxygen atoms in total. The molecule has 11 heteroatoms. The van der Waals surface area contributed by atoms with Crippen molar-refractivity contribution in [2.75, 3.05) is 46.3 Å². The van der Waals surface area contributed by atoms with Gasteiger partial charge < -0.3 is 24.4 Å². The monoisotopic (exact) mass is 580 g/mol. The largest absolute Gasteiger partial charge is 0.493 e. The van der Waals surface area contributed by atoms with Crippen molar-refractivity contribution >= 4 is 28.2 Å². The van der Waals surface area contributed by atoms with Crippen LogP contribution in [0.1, 0.15) is 48.6 Å². The van der Waals surface area contributed by atoms with E-state index >= 15 is 0 Å². The number of nitro benzene ring substituents is 1. The summed E-state index contributed by atoms with van der Waals surface area (Å²) >= 11 is 1.35. The Morgan fingerprint density at radius 1 is 1.12 bits per heavy atom. The van der Waals surface area contributed by atoms with Gasteiger partial charge in [-0.25, -0.2) is 4.79 Å². The summed E-state index contributed by atoms with van der Waals surface area (Å²) in [6.07, 6.45) is 2.43. The van der Waals surface area contributed by atoms with E-state index in [0.29, 0.717) is 29.0 Å². The van der Waals surface area contributed by atoms with E-state index < -0.39 is 16.8 Å². The number of benzene rings is 2. The van der Waals surface area contributed by atoms with E-state index in [1.54, 1.807) is 27.2 Å². The molecule has 2 aromatic carbocycles. The summed E-state index contributed by atoms with van der Waals surface area (Å²) in [5.74, 6) is 0.484. The molecule has 1 aliphatic rings. The van der Waals surface area contributed by atoms with Crippen LogP contribution >= 0.6 is 11.5 Å². The molecule has 0 spiro atoms. The predicted octanol–water partition coefficient (Wildman–Crippen LogP) is 5.57. The minimum atomic E-state index is -0.512. The van der Waals surface area contributed by atoms with Crippen LogP contribution in [0, 0.1) is 10.1 Å². The van der Waals surface area contributed by atoms with Crippen molar-refractivity contribution in [3.8, 4) is 11.5 Å². The SMILES string of the molecule is CCOC(=O)C1=C(C)Nc2snc(CCCN(C)CCc3ccc(OC)c(OC)c3)c2C1c1cccc([N+](=O)[O-])c1. The van der Waals surface area contributed by atoms with Gasteiger partial charge in [0.2, 0.25) is 0 Å². The van der Waals surface area contributed by atoms with E-state index in [1.807, 2.05) is 25.1 Å². The Bertz CT molecular complexity index is 1440. The molecule has 0 saturated heterocycles. The lowest BCUT2D eigenvalue weighted by Gasteiger charge is -2.28. The molecule has 1 aliphatic heterocycles. The molecule has 218 valence electrons. The summed E-state index contributed by atoms with van der Waals surface area (Å²) in [7, 11) is 5.36. The molecule has 41 heavy (non-hydrogen) atoms. The summed E-state index contributed by atoms with van der Waals surface area (Å²) in [5.41, 5.74) is 4.70. The lowest BCUT2D eigenvalue weighted by molar-refractivity contribution is -0.384. The number of nitrogens with zero attached hydrogens (tertiary/aromatic N) is 3. The second-order valence-corrected chi connectivity index (χ2v) is 10.7. The summed E-state index contributed by atoms with van der Waals surface area (Å²) in [5, 5.41) is 15.7. The van der Waals surface area contributed by atoms with E-state index in [4.69, 9.17) is 18.6 Å². The molecule has 2 heterocycles. The molecule has 1 N–H and O–H groups in total. The zero-order valence-electron chi connectivity index (χ0n) is 24.1.